The number of amides is 1. The van der Waals surface area contributed by atoms with Gasteiger partial charge in [0.25, 0.3) is 5.91 Å². The van der Waals surface area contributed by atoms with Crippen LogP contribution in [-0.2, 0) is 4.79 Å². The van der Waals surface area contributed by atoms with Crippen LogP contribution in [0.1, 0.15) is 38.2 Å². The molecule has 1 unspecified atom stereocenters. The Morgan fingerprint density at radius 2 is 2.05 bits per heavy atom. The van der Waals surface area contributed by atoms with Crippen LogP contribution >= 0.6 is 0 Å². The molecule has 1 heterocycles. The number of carbonyl (C=O) groups excluding carboxylic acids is 1. The van der Waals surface area contributed by atoms with E-state index in [4.69, 9.17) is 4.74 Å². The third kappa shape index (κ3) is 3.72. The fourth-order valence-corrected chi connectivity index (χ4v) is 2.48. The van der Waals surface area contributed by atoms with E-state index in [1.807, 2.05) is 43.0 Å². The third-order valence-electron chi connectivity index (χ3n) is 3.58. The molecule has 0 aliphatic carbocycles. The molecule has 0 bridgehead atoms. The first-order valence-corrected chi connectivity index (χ1v) is 7.23. The number of nitrogens with zero attached hydrogens (tertiary/aromatic N) is 1. The summed E-state index contributed by atoms with van der Waals surface area (Å²) < 4.78 is 5.87. The number of benzene rings is 1. The average Bonchev–Trinajstić information content (AvgIpc) is 2.45. The average molecular weight is 261 g/mol. The van der Waals surface area contributed by atoms with Gasteiger partial charge in [-0.3, -0.25) is 4.79 Å². The number of hydrogen-bond donors (Lipinski definition) is 0. The maximum Gasteiger partial charge on any atom is 0.263 e. The van der Waals surface area contributed by atoms with Crippen molar-refractivity contribution in [3.63, 3.8) is 0 Å². The monoisotopic (exact) mass is 261 g/mol. The zero-order chi connectivity index (χ0) is 13.7. The predicted molar refractivity (Wildman–Crippen MR) is 76.3 cm³/mol. The molecular formula is C16H23NO2. The summed E-state index contributed by atoms with van der Waals surface area (Å²) in [5.74, 6) is 0.931. The number of rotatable bonds is 4. The Balaban J connectivity index is 2.00. The van der Waals surface area contributed by atoms with Crippen LogP contribution in [-0.4, -0.2) is 30.0 Å². The minimum absolute atomic E-state index is 0.142. The maximum absolute atomic E-state index is 12.4. The summed E-state index contributed by atoms with van der Waals surface area (Å²) in [4.78, 5) is 14.4. The van der Waals surface area contributed by atoms with E-state index in [0.717, 1.165) is 37.2 Å². The molecular weight excluding hydrogens is 238 g/mol. The third-order valence-corrected chi connectivity index (χ3v) is 3.58. The Morgan fingerprint density at radius 1 is 1.32 bits per heavy atom. The van der Waals surface area contributed by atoms with E-state index in [9.17, 15) is 4.79 Å². The number of piperidine rings is 1. The van der Waals surface area contributed by atoms with E-state index in [2.05, 4.69) is 0 Å². The number of likely N-dealkylation sites (tertiary alicyclic amines) is 1. The summed E-state index contributed by atoms with van der Waals surface area (Å²) in [6, 6.07) is 7.88. The van der Waals surface area contributed by atoms with Crippen molar-refractivity contribution in [1.82, 2.24) is 4.90 Å². The minimum Gasteiger partial charge on any atom is -0.481 e. The predicted octanol–water partition coefficient (Wildman–Crippen LogP) is 3.16. The number of hydrogen-bond acceptors (Lipinski definition) is 2. The van der Waals surface area contributed by atoms with Crippen LogP contribution in [0.25, 0.3) is 0 Å². The largest absolute Gasteiger partial charge is 0.481 e. The highest BCUT2D eigenvalue weighted by Gasteiger charge is 2.25. The van der Waals surface area contributed by atoms with Crippen LogP contribution < -0.4 is 4.74 Å². The highest BCUT2D eigenvalue weighted by molar-refractivity contribution is 5.81. The second-order valence-corrected chi connectivity index (χ2v) is 5.22. The van der Waals surface area contributed by atoms with Crippen molar-refractivity contribution in [1.29, 1.82) is 0 Å². The van der Waals surface area contributed by atoms with Gasteiger partial charge in [-0.1, -0.05) is 19.1 Å². The lowest BCUT2D eigenvalue weighted by Crippen LogP contribution is -2.44. The molecule has 3 nitrogen and oxygen atoms in total. The molecule has 3 heteroatoms. The molecule has 0 saturated carbocycles. The Morgan fingerprint density at radius 3 is 2.68 bits per heavy atom. The molecule has 2 rings (SSSR count). The van der Waals surface area contributed by atoms with E-state index in [-0.39, 0.29) is 12.0 Å². The van der Waals surface area contributed by atoms with Crippen LogP contribution in [0.4, 0.5) is 0 Å². The number of carbonyl (C=O) groups is 1. The molecule has 1 atom stereocenters. The van der Waals surface area contributed by atoms with Gasteiger partial charge in [0.15, 0.2) is 6.10 Å². The van der Waals surface area contributed by atoms with E-state index in [1.165, 1.54) is 6.42 Å². The molecule has 1 amide bonds. The Kier molecular flexibility index (Phi) is 4.83. The summed E-state index contributed by atoms with van der Waals surface area (Å²) in [7, 11) is 0. The standard InChI is InChI=1S/C16H23NO2/c1-3-15(16(18)17-10-5-4-6-11-17)19-14-9-7-8-13(2)12-14/h7-9,12,15H,3-6,10-11H2,1-2H3. The number of ether oxygens (including phenoxy) is 1. The first-order chi connectivity index (χ1) is 9.20. The van der Waals surface area contributed by atoms with Crippen molar-refractivity contribution in [2.45, 2.75) is 45.6 Å². The highest BCUT2D eigenvalue weighted by atomic mass is 16.5. The van der Waals surface area contributed by atoms with Gasteiger partial charge in [0, 0.05) is 13.1 Å². The Hall–Kier alpha value is -1.51. The van der Waals surface area contributed by atoms with E-state index in [0.29, 0.717) is 6.42 Å². The smallest absolute Gasteiger partial charge is 0.263 e. The fourth-order valence-electron chi connectivity index (χ4n) is 2.48. The van der Waals surface area contributed by atoms with Crippen molar-refractivity contribution < 1.29 is 9.53 Å². The highest BCUT2D eigenvalue weighted by Crippen LogP contribution is 2.18. The maximum atomic E-state index is 12.4. The molecule has 0 spiro atoms. The minimum atomic E-state index is -0.347. The van der Waals surface area contributed by atoms with Gasteiger partial charge in [-0.15, -0.1) is 0 Å². The van der Waals surface area contributed by atoms with Crippen molar-refractivity contribution in [3.05, 3.63) is 29.8 Å². The van der Waals surface area contributed by atoms with Gasteiger partial charge in [0.05, 0.1) is 0 Å². The van der Waals surface area contributed by atoms with Gasteiger partial charge in [-0.05, 0) is 50.3 Å². The van der Waals surface area contributed by atoms with E-state index >= 15 is 0 Å². The van der Waals surface area contributed by atoms with Crippen LogP contribution in [0.2, 0.25) is 0 Å². The molecule has 0 radical (unpaired) electrons. The summed E-state index contributed by atoms with van der Waals surface area (Å²) in [5.41, 5.74) is 1.15. The molecule has 0 aromatic heterocycles. The summed E-state index contributed by atoms with van der Waals surface area (Å²) >= 11 is 0. The second kappa shape index (κ2) is 6.60. The molecule has 104 valence electrons. The van der Waals surface area contributed by atoms with E-state index < -0.39 is 0 Å². The molecule has 19 heavy (non-hydrogen) atoms. The summed E-state index contributed by atoms with van der Waals surface area (Å²) in [5, 5.41) is 0. The number of aryl methyl sites for hydroxylation is 1. The van der Waals surface area contributed by atoms with Crippen molar-refractivity contribution in [3.8, 4) is 5.75 Å². The van der Waals surface area contributed by atoms with Crippen LogP contribution in [0.3, 0.4) is 0 Å². The lowest BCUT2D eigenvalue weighted by atomic mass is 10.1. The van der Waals surface area contributed by atoms with Crippen LogP contribution in [0.15, 0.2) is 24.3 Å². The van der Waals surface area contributed by atoms with Gasteiger partial charge in [-0.2, -0.15) is 0 Å². The van der Waals surface area contributed by atoms with Gasteiger partial charge < -0.3 is 9.64 Å². The molecule has 1 aromatic rings. The van der Waals surface area contributed by atoms with Gasteiger partial charge in [-0.25, -0.2) is 0 Å². The zero-order valence-corrected chi connectivity index (χ0v) is 11.9. The molecule has 1 aromatic carbocycles. The lowest BCUT2D eigenvalue weighted by Gasteiger charge is -2.30. The normalized spacial score (nSPS) is 17.1. The Labute approximate surface area is 115 Å². The lowest BCUT2D eigenvalue weighted by molar-refractivity contribution is -0.139. The van der Waals surface area contributed by atoms with E-state index in [1.54, 1.807) is 0 Å². The quantitative estimate of drug-likeness (QED) is 0.833. The first-order valence-electron chi connectivity index (χ1n) is 7.23. The van der Waals surface area contributed by atoms with Crippen molar-refractivity contribution >= 4 is 5.91 Å². The van der Waals surface area contributed by atoms with Gasteiger partial charge in [0.2, 0.25) is 0 Å². The summed E-state index contributed by atoms with van der Waals surface area (Å²) in [6.45, 7) is 5.79. The van der Waals surface area contributed by atoms with Crippen molar-refractivity contribution in [2.75, 3.05) is 13.1 Å². The van der Waals surface area contributed by atoms with Crippen LogP contribution in [0, 0.1) is 6.92 Å². The topological polar surface area (TPSA) is 29.5 Å². The second-order valence-electron chi connectivity index (χ2n) is 5.22. The fraction of sp³-hybridized carbons (Fsp3) is 0.562. The zero-order valence-electron chi connectivity index (χ0n) is 11.9. The molecule has 1 aliphatic heterocycles. The molecule has 1 saturated heterocycles. The van der Waals surface area contributed by atoms with Gasteiger partial charge in [0.1, 0.15) is 5.75 Å². The molecule has 0 N–H and O–H groups in total. The first kappa shape index (κ1) is 13.9. The molecule has 1 fully saturated rings. The summed E-state index contributed by atoms with van der Waals surface area (Å²) in [6.07, 6.45) is 3.84. The SMILES string of the molecule is CCC(Oc1cccc(C)c1)C(=O)N1CCCCC1. The van der Waals surface area contributed by atoms with Crippen molar-refractivity contribution in [2.24, 2.45) is 0 Å². The van der Waals surface area contributed by atoms with Crippen LogP contribution in [0.5, 0.6) is 5.75 Å². The Bertz CT molecular complexity index is 425. The van der Waals surface area contributed by atoms with Gasteiger partial charge >= 0.3 is 0 Å². The molecule has 1 aliphatic rings.